The maximum Gasteiger partial charge on any atom is 0.328 e. The van der Waals surface area contributed by atoms with E-state index in [4.69, 9.17) is 19.4 Å². The minimum Gasteiger partial charge on any atom is -0.481 e. The first-order valence-corrected chi connectivity index (χ1v) is 21.7. The van der Waals surface area contributed by atoms with Crippen LogP contribution in [0.25, 0.3) is 0 Å². The summed E-state index contributed by atoms with van der Waals surface area (Å²) in [6.07, 6.45) is 17.1. The van der Waals surface area contributed by atoms with Gasteiger partial charge in [0.05, 0.1) is 26.3 Å². The lowest BCUT2D eigenvalue weighted by Crippen LogP contribution is -2.35. The highest BCUT2D eigenvalue weighted by atomic mass is 16.5. The first-order chi connectivity index (χ1) is 29.4. The summed E-state index contributed by atoms with van der Waals surface area (Å²) in [4.78, 5) is 48.0. The lowest BCUT2D eigenvalue weighted by atomic mass is 10.1. The summed E-state index contributed by atoms with van der Waals surface area (Å²) in [5, 5.41) is 6.78. The maximum atomic E-state index is 13.0. The van der Waals surface area contributed by atoms with E-state index in [2.05, 4.69) is 58.7 Å². The number of nitrogens with zero attached hydrogens (tertiary/aromatic N) is 8. The number of pyridine rings is 4. The monoisotopic (exact) mass is 818 g/mol. The minimum atomic E-state index is -0.0365. The fourth-order valence-electron chi connectivity index (χ4n) is 8.48. The Morgan fingerprint density at radius 3 is 1.80 bits per heavy atom. The Morgan fingerprint density at radius 2 is 1.27 bits per heavy atom. The summed E-state index contributed by atoms with van der Waals surface area (Å²) < 4.78 is 13.9. The molecular formula is C46H62N10O4. The van der Waals surface area contributed by atoms with Crippen molar-refractivity contribution in [1.82, 2.24) is 38.9 Å². The normalized spacial score (nSPS) is 15.5. The fraction of sp³-hybridized carbons (Fsp3) is 0.478. The third-order valence-electron chi connectivity index (χ3n) is 11.8. The van der Waals surface area contributed by atoms with Crippen molar-refractivity contribution in [1.29, 1.82) is 0 Å². The van der Waals surface area contributed by atoms with E-state index >= 15 is 0 Å². The summed E-state index contributed by atoms with van der Waals surface area (Å²) in [7, 11) is 3.21. The number of anilines is 2. The second-order valence-electron chi connectivity index (χ2n) is 15.6. The number of aromatic nitrogens is 6. The highest BCUT2D eigenvalue weighted by Crippen LogP contribution is 2.29. The van der Waals surface area contributed by atoms with Crippen molar-refractivity contribution in [2.75, 3.05) is 57.6 Å². The Hall–Kier alpha value is -5.92. The number of methoxy groups -OCH3 is 2. The van der Waals surface area contributed by atoms with Crippen LogP contribution in [0.5, 0.6) is 11.8 Å². The van der Waals surface area contributed by atoms with Gasteiger partial charge in [-0.25, -0.2) is 29.5 Å². The van der Waals surface area contributed by atoms with Gasteiger partial charge in [0.1, 0.15) is 11.6 Å². The molecule has 320 valence electrons. The summed E-state index contributed by atoms with van der Waals surface area (Å²) in [6.45, 7) is 9.16. The van der Waals surface area contributed by atoms with Gasteiger partial charge in [0.25, 0.3) is 0 Å². The van der Waals surface area contributed by atoms with Crippen LogP contribution in [0.2, 0.25) is 0 Å². The molecule has 2 amide bonds. The van der Waals surface area contributed by atoms with Crippen molar-refractivity contribution in [2.24, 2.45) is 0 Å². The second kappa shape index (κ2) is 20.4. The molecule has 2 unspecified atom stereocenters. The molecule has 1 saturated heterocycles. The molecule has 2 atom stereocenters. The zero-order valence-electron chi connectivity index (χ0n) is 35.6. The average Bonchev–Trinajstić information content (AvgIpc) is 3.84. The Bertz CT molecular complexity index is 2230. The van der Waals surface area contributed by atoms with E-state index < -0.39 is 0 Å². The van der Waals surface area contributed by atoms with Crippen LogP contribution in [0.4, 0.5) is 16.4 Å². The van der Waals surface area contributed by atoms with Gasteiger partial charge in [0.15, 0.2) is 0 Å². The molecule has 5 aromatic rings. The number of aryl methyl sites for hydroxylation is 5. The molecular weight excluding hydrogens is 757 g/mol. The molecule has 5 aromatic heterocycles. The van der Waals surface area contributed by atoms with Crippen molar-refractivity contribution in [3.05, 3.63) is 117 Å². The molecule has 0 spiro atoms. The molecule has 14 nitrogen and oxygen atoms in total. The third kappa shape index (κ3) is 10.1. The first-order valence-electron chi connectivity index (χ1n) is 21.7. The van der Waals surface area contributed by atoms with Gasteiger partial charge in [0.2, 0.25) is 11.8 Å². The Balaban J connectivity index is 0.000000201. The van der Waals surface area contributed by atoms with Crippen LogP contribution in [0.3, 0.4) is 0 Å². The van der Waals surface area contributed by atoms with Crippen LogP contribution in [0, 0.1) is 0 Å². The number of carbonyl (C=O) groups excluding carboxylic acids is 1. The number of imidazole rings is 1. The molecule has 14 heteroatoms. The molecule has 0 aliphatic carbocycles. The number of fused-ring (bicyclic) bond motifs is 2. The quantitative estimate of drug-likeness (QED) is 0.104. The molecule has 0 bridgehead atoms. The number of hydrogen-bond donors (Lipinski definition) is 2. The summed E-state index contributed by atoms with van der Waals surface area (Å²) in [5.74, 6) is 3.24. The van der Waals surface area contributed by atoms with Gasteiger partial charge in [-0.15, -0.1) is 0 Å². The molecule has 0 aromatic carbocycles. The molecule has 1 fully saturated rings. The van der Waals surface area contributed by atoms with Gasteiger partial charge in [0, 0.05) is 89.0 Å². The van der Waals surface area contributed by atoms with Crippen LogP contribution in [0.15, 0.2) is 78.1 Å². The smallest absolute Gasteiger partial charge is 0.328 e. The van der Waals surface area contributed by atoms with Crippen LogP contribution < -0.4 is 25.8 Å². The average molecular weight is 819 g/mol. The number of carbonyl (C=O) groups is 1. The van der Waals surface area contributed by atoms with E-state index in [1.807, 2.05) is 52.7 Å². The van der Waals surface area contributed by atoms with Gasteiger partial charge >= 0.3 is 11.7 Å². The minimum absolute atomic E-state index is 0. The van der Waals surface area contributed by atoms with E-state index in [0.29, 0.717) is 18.3 Å². The topological polar surface area (TPSA) is 145 Å². The van der Waals surface area contributed by atoms with Gasteiger partial charge < -0.3 is 29.9 Å². The number of amides is 2. The maximum absolute atomic E-state index is 13.0. The molecule has 0 saturated carbocycles. The molecule has 0 radical (unpaired) electrons. The molecule has 8 heterocycles. The van der Waals surface area contributed by atoms with Crippen molar-refractivity contribution in [3.8, 4) is 11.8 Å². The van der Waals surface area contributed by atoms with Crippen molar-refractivity contribution < 1.29 is 15.7 Å². The molecule has 2 N–H and O–H groups in total. The zero-order valence-corrected chi connectivity index (χ0v) is 35.6. The molecule has 60 heavy (non-hydrogen) atoms. The van der Waals surface area contributed by atoms with Crippen molar-refractivity contribution >= 4 is 17.7 Å². The lowest BCUT2D eigenvalue weighted by Gasteiger charge is -2.27. The predicted molar refractivity (Wildman–Crippen MR) is 236 cm³/mol. The van der Waals surface area contributed by atoms with E-state index in [0.717, 1.165) is 118 Å². The van der Waals surface area contributed by atoms with E-state index in [9.17, 15) is 9.59 Å². The SMILES string of the molecule is CCC(c1ccc(OC)nc1)N1CCN(CCCc2ccc3c(n2)NCCC3)C1=O.CCC(c1ccc(OC)nc1)n1ccn(CCCc2ccc3c(n2)NCCC3)c1=O.[HH]. The Kier molecular flexibility index (Phi) is 14.3. The Morgan fingerprint density at radius 1 is 0.700 bits per heavy atom. The second-order valence-corrected chi connectivity index (χ2v) is 15.6. The lowest BCUT2D eigenvalue weighted by molar-refractivity contribution is 0.175. The number of hydrogen-bond acceptors (Lipinski definition) is 10. The van der Waals surface area contributed by atoms with E-state index in [1.54, 1.807) is 29.6 Å². The summed E-state index contributed by atoms with van der Waals surface area (Å²) in [6, 6.07) is 16.4. The van der Waals surface area contributed by atoms with Gasteiger partial charge in [-0.3, -0.25) is 9.13 Å². The van der Waals surface area contributed by atoms with Crippen LogP contribution in [0.1, 0.15) is 99.5 Å². The van der Waals surface area contributed by atoms with E-state index in [1.165, 1.54) is 24.0 Å². The van der Waals surface area contributed by atoms with Crippen molar-refractivity contribution in [2.45, 2.75) is 96.7 Å². The zero-order chi connectivity index (χ0) is 41.8. The predicted octanol–water partition coefficient (Wildman–Crippen LogP) is 7.35. The standard InChI is InChI=1S/C23H31N5O2.C23H29N5O2.H2/c2*1-3-20(18-9-11-21(30-2)25-16-18)28-15-14-27(23(28)29)13-5-7-19-10-8-17-6-4-12-24-22(17)26-19;/h8-11,16,20H,3-7,12-15H2,1-2H3,(H,24,26);8-11,14-16,20H,3-7,12-13H2,1-2H3,(H,24,26);1H. The van der Waals surface area contributed by atoms with Gasteiger partial charge in [-0.05, 0) is 98.6 Å². The summed E-state index contributed by atoms with van der Waals surface area (Å²) >= 11 is 0. The van der Waals surface area contributed by atoms with Gasteiger partial charge in [-0.1, -0.05) is 38.1 Å². The van der Waals surface area contributed by atoms with E-state index in [-0.39, 0.29) is 25.2 Å². The highest BCUT2D eigenvalue weighted by Gasteiger charge is 2.33. The number of urea groups is 1. The number of ether oxygens (including phenoxy) is 2. The largest absolute Gasteiger partial charge is 0.481 e. The number of nitrogens with one attached hydrogen (secondary N) is 2. The molecule has 3 aliphatic heterocycles. The molecule has 3 aliphatic rings. The first kappa shape index (κ1) is 42.2. The third-order valence-corrected chi connectivity index (χ3v) is 11.8. The Labute approximate surface area is 354 Å². The fourth-order valence-corrected chi connectivity index (χ4v) is 8.48. The van der Waals surface area contributed by atoms with Crippen LogP contribution in [-0.2, 0) is 32.2 Å². The van der Waals surface area contributed by atoms with Crippen LogP contribution >= 0.6 is 0 Å². The number of rotatable bonds is 16. The highest BCUT2D eigenvalue weighted by molar-refractivity contribution is 5.77. The molecule has 8 rings (SSSR count). The van der Waals surface area contributed by atoms with Crippen molar-refractivity contribution in [3.63, 3.8) is 0 Å². The summed E-state index contributed by atoms with van der Waals surface area (Å²) in [5.41, 5.74) is 6.86. The van der Waals surface area contributed by atoms with Crippen LogP contribution in [-0.4, -0.2) is 91.8 Å². The van der Waals surface area contributed by atoms with Gasteiger partial charge in [-0.2, -0.15) is 0 Å².